The van der Waals surface area contributed by atoms with Crippen LogP contribution in [0.2, 0.25) is 0 Å². The average molecular weight is 360 g/mol. The normalized spacial score (nSPS) is 12.9. The van der Waals surface area contributed by atoms with Crippen LogP contribution >= 0.6 is 0 Å². The summed E-state index contributed by atoms with van der Waals surface area (Å²) in [7, 11) is 0. The fourth-order valence-electron chi connectivity index (χ4n) is 1.77. The lowest BCUT2D eigenvalue weighted by atomic mass is 10.2. The molecule has 2 rings (SSSR count). The number of rotatable bonds is 4. The Labute approximate surface area is 128 Å². The minimum Gasteiger partial charge on any atom is -0.399 e. The smallest absolute Gasteiger partial charge is 0.399 e. The van der Waals surface area contributed by atoms with Gasteiger partial charge in [0.1, 0.15) is 5.82 Å². The summed E-state index contributed by atoms with van der Waals surface area (Å²) in [5, 5.41) is 2.76. The monoisotopic (exact) mass is 360 g/mol. The van der Waals surface area contributed by atoms with E-state index in [2.05, 4.69) is 10.1 Å². The van der Waals surface area contributed by atoms with Crippen LogP contribution in [0.4, 0.5) is 40.8 Å². The van der Waals surface area contributed by atoms with Gasteiger partial charge in [-0.25, -0.2) is 22.8 Å². The van der Waals surface area contributed by atoms with Gasteiger partial charge in [0.2, 0.25) is 5.82 Å². The summed E-state index contributed by atoms with van der Waals surface area (Å²) >= 11 is 0. The SMILES string of the molecule is Nc1ccc(Cn2nc(C(F)(F)F)nc2C(F)(F)C(F)F)c(F)c1. The van der Waals surface area contributed by atoms with Crippen LogP contribution in [0.25, 0.3) is 0 Å². The van der Waals surface area contributed by atoms with Crippen molar-refractivity contribution in [3.05, 3.63) is 41.2 Å². The summed E-state index contributed by atoms with van der Waals surface area (Å²) in [6.07, 6.45) is -9.56. The second kappa shape index (κ2) is 5.91. The molecule has 0 amide bonds. The van der Waals surface area contributed by atoms with E-state index in [9.17, 15) is 35.1 Å². The van der Waals surface area contributed by atoms with Gasteiger partial charge in [-0.2, -0.15) is 22.0 Å². The number of anilines is 1. The molecule has 0 radical (unpaired) electrons. The zero-order chi connectivity index (χ0) is 18.3. The van der Waals surface area contributed by atoms with Crippen molar-refractivity contribution in [3.63, 3.8) is 0 Å². The Balaban J connectivity index is 2.53. The number of benzene rings is 1. The van der Waals surface area contributed by atoms with E-state index in [1.807, 2.05) is 0 Å². The maximum absolute atomic E-state index is 13.7. The van der Waals surface area contributed by atoms with E-state index in [1.54, 1.807) is 0 Å². The minimum atomic E-state index is -5.24. The van der Waals surface area contributed by atoms with Crippen LogP contribution in [-0.2, 0) is 18.6 Å². The lowest BCUT2D eigenvalue weighted by Gasteiger charge is -2.15. The van der Waals surface area contributed by atoms with Crippen molar-refractivity contribution >= 4 is 5.69 Å². The number of alkyl halides is 7. The molecule has 1 heterocycles. The lowest BCUT2D eigenvalue weighted by Crippen LogP contribution is -2.28. The highest BCUT2D eigenvalue weighted by atomic mass is 19.4. The number of hydrogen-bond acceptors (Lipinski definition) is 3. The number of halogens is 8. The van der Waals surface area contributed by atoms with Gasteiger partial charge in [-0.15, -0.1) is 5.10 Å². The van der Waals surface area contributed by atoms with Crippen molar-refractivity contribution in [2.24, 2.45) is 0 Å². The molecule has 2 aromatic rings. The van der Waals surface area contributed by atoms with Crippen molar-refractivity contribution < 1.29 is 35.1 Å². The first kappa shape index (κ1) is 17.9. The molecule has 4 nitrogen and oxygen atoms in total. The van der Waals surface area contributed by atoms with Gasteiger partial charge >= 0.3 is 18.5 Å². The summed E-state index contributed by atoms with van der Waals surface area (Å²) in [5.41, 5.74) is 4.87. The van der Waals surface area contributed by atoms with E-state index in [0.29, 0.717) is 0 Å². The fourth-order valence-corrected chi connectivity index (χ4v) is 1.77. The molecule has 1 aromatic carbocycles. The standard InChI is InChI=1S/C12H8F8N4/c13-7-3-6(21)2-1-5(7)4-24-10(11(16,17)8(14)15)22-9(23-24)12(18,19)20/h1-3,8H,4,21H2. The van der Waals surface area contributed by atoms with Gasteiger partial charge in [0.15, 0.2) is 0 Å². The molecule has 0 bridgehead atoms. The van der Waals surface area contributed by atoms with Gasteiger partial charge in [0.25, 0.3) is 5.82 Å². The minimum absolute atomic E-state index is 0.0241. The summed E-state index contributed by atoms with van der Waals surface area (Å²) in [4.78, 5) is 2.47. The Morgan fingerprint density at radius 2 is 1.75 bits per heavy atom. The second-order valence-corrected chi connectivity index (χ2v) is 4.69. The van der Waals surface area contributed by atoms with Gasteiger partial charge in [-0.1, -0.05) is 6.07 Å². The molecular weight excluding hydrogens is 352 g/mol. The summed E-state index contributed by atoms with van der Waals surface area (Å²) in [5.74, 6) is -9.97. The molecular formula is C12H8F8N4. The first-order chi connectivity index (χ1) is 10.9. The molecule has 0 fully saturated rings. The Hall–Kier alpha value is -2.40. The van der Waals surface area contributed by atoms with Gasteiger partial charge in [0.05, 0.1) is 6.54 Å². The summed E-state index contributed by atoms with van der Waals surface area (Å²) < 4.78 is 103. The van der Waals surface area contributed by atoms with E-state index in [1.165, 1.54) is 0 Å². The lowest BCUT2D eigenvalue weighted by molar-refractivity contribution is -0.148. The highest BCUT2D eigenvalue weighted by Crippen LogP contribution is 2.36. The van der Waals surface area contributed by atoms with Crippen LogP contribution in [0, 0.1) is 5.82 Å². The molecule has 0 saturated heterocycles. The van der Waals surface area contributed by atoms with Crippen molar-refractivity contribution in [2.75, 3.05) is 5.73 Å². The third kappa shape index (κ3) is 3.41. The topological polar surface area (TPSA) is 56.7 Å². The number of nitrogens with zero attached hydrogens (tertiary/aromatic N) is 3. The van der Waals surface area contributed by atoms with Crippen LogP contribution in [0.3, 0.4) is 0 Å². The van der Waals surface area contributed by atoms with Gasteiger partial charge in [-0.3, -0.25) is 0 Å². The van der Waals surface area contributed by atoms with E-state index >= 15 is 0 Å². The maximum atomic E-state index is 13.7. The summed E-state index contributed by atoms with van der Waals surface area (Å²) in [6.45, 7) is -0.965. The molecule has 1 aromatic heterocycles. The number of aromatic nitrogens is 3. The quantitative estimate of drug-likeness (QED) is 0.672. The van der Waals surface area contributed by atoms with Crippen molar-refractivity contribution in [2.45, 2.75) is 25.1 Å². The van der Waals surface area contributed by atoms with Crippen molar-refractivity contribution in [3.8, 4) is 0 Å². The molecule has 0 aliphatic carbocycles. The van der Waals surface area contributed by atoms with Crippen LogP contribution < -0.4 is 5.73 Å². The molecule has 0 saturated carbocycles. The van der Waals surface area contributed by atoms with Gasteiger partial charge in [-0.05, 0) is 12.1 Å². The van der Waals surface area contributed by atoms with Crippen molar-refractivity contribution in [1.29, 1.82) is 0 Å². The second-order valence-electron chi connectivity index (χ2n) is 4.69. The van der Waals surface area contributed by atoms with Crippen LogP contribution in [0.5, 0.6) is 0 Å². The molecule has 0 aliphatic rings. The van der Waals surface area contributed by atoms with Crippen LogP contribution in [0.1, 0.15) is 17.2 Å². The molecule has 0 unspecified atom stereocenters. The van der Waals surface area contributed by atoms with Crippen LogP contribution in [0.15, 0.2) is 18.2 Å². The first-order valence-electron chi connectivity index (χ1n) is 6.15. The van der Waals surface area contributed by atoms with E-state index in [-0.39, 0.29) is 15.9 Å². The van der Waals surface area contributed by atoms with Gasteiger partial charge in [0, 0.05) is 11.3 Å². The zero-order valence-electron chi connectivity index (χ0n) is 11.5. The van der Waals surface area contributed by atoms with E-state index in [4.69, 9.17) is 5.73 Å². The molecule has 0 atom stereocenters. The number of nitrogen functional groups attached to an aromatic ring is 1. The summed E-state index contributed by atoms with van der Waals surface area (Å²) in [6, 6.07) is 2.96. The Morgan fingerprint density at radius 3 is 2.25 bits per heavy atom. The van der Waals surface area contributed by atoms with Crippen LogP contribution in [-0.4, -0.2) is 21.2 Å². The van der Waals surface area contributed by atoms with E-state index in [0.717, 1.165) is 18.2 Å². The Bertz CT molecular complexity index is 737. The van der Waals surface area contributed by atoms with Crippen molar-refractivity contribution in [1.82, 2.24) is 14.8 Å². The number of hydrogen-bond donors (Lipinski definition) is 1. The first-order valence-corrected chi connectivity index (χ1v) is 6.15. The molecule has 0 aliphatic heterocycles. The average Bonchev–Trinajstić information content (AvgIpc) is 2.86. The number of nitrogens with two attached hydrogens (primary N) is 1. The highest BCUT2D eigenvalue weighted by molar-refractivity contribution is 5.40. The van der Waals surface area contributed by atoms with Gasteiger partial charge < -0.3 is 5.73 Å². The Kier molecular flexibility index (Phi) is 4.42. The molecule has 12 heteroatoms. The van der Waals surface area contributed by atoms with E-state index < -0.39 is 42.5 Å². The maximum Gasteiger partial charge on any atom is 0.453 e. The predicted octanol–water partition coefficient (Wildman–Crippen LogP) is 3.42. The molecule has 0 spiro atoms. The third-order valence-corrected chi connectivity index (χ3v) is 2.89. The molecule has 132 valence electrons. The largest absolute Gasteiger partial charge is 0.453 e. The molecule has 24 heavy (non-hydrogen) atoms. The third-order valence-electron chi connectivity index (χ3n) is 2.89. The fraction of sp³-hybridized carbons (Fsp3) is 0.333. The Morgan fingerprint density at radius 1 is 1.12 bits per heavy atom. The highest BCUT2D eigenvalue weighted by Gasteiger charge is 2.50. The predicted molar refractivity (Wildman–Crippen MR) is 64.8 cm³/mol. The molecule has 2 N–H and O–H groups in total. The zero-order valence-corrected chi connectivity index (χ0v) is 11.5.